The zero-order valence-corrected chi connectivity index (χ0v) is 86.9. The minimum absolute atomic E-state index is 0.00284. The topological polar surface area (TPSA) is 402 Å². The Kier molecular flexibility index (Phi) is 37.2. The van der Waals surface area contributed by atoms with Crippen LogP contribution in [0.3, 0.4) is 0 Å². The molecule has 0 aromatic carbocycles. The van der Waals surface area contributed by atoms with Crippen LogP contribution in [-0.2, 0) is 143 Å². The summed E-state index contributed by atoms with van der Waals surface area (Å²) >= 11 is 0. The maximum absolute atomic E-state index is 12.8. The molecule has 0 aromatic heterocycles. The van der Waals surface area contributed by atoms with Gasteiger partial charge in [-0.1, -0.05) is 81.7 Å². The maximum Gasteiger partial charge on any atom is 0.347 e. The molecule has 0 N–H and O–H groups in total. The van der Waals surface area contributed by atoms with Crippen molar-refractivity contribution in [3.63, 3.8) is 0 Å². The Morgan fingerprint density at radius 2 is 0.706 bits per heavy atom. The SMILES string of the molecule is C=C(C)C(=O)OC1(C(C)C)C2CC3CC(C2)CC1C3.C=C(C)C(=O)OC1(C)CCCC1.C=C(C)C(=O)OC1CCOC1=O.C=C(C)C(=O)OCC(=O)OC1C2CC3C1OS(=O)(=O)C3C2.CCC(C)(C)C(=O)OC1(C(C)C)C2CC3CC(C2)CC1C3.CCC(C)(C)C(=O)OC1(C)CCCC1.CCC(C)(C)C(=O)OC1CCOC1=O.CCC(C)(C)C(=O)OCC(=O)OC1C2CC3C1OS(=O)(=O)C3C2. The normalized spacial score (nSPS) is 32.8. The first-order valence-electron chi connectivity index (χ1n) is 50.1. The first kappa shape index (κ1) is 112. The van der Waals surface area contributed by atoms with Crippen LogP contribution in [-0.4, -0.2) is 184 Å². The van der Waals surface area contributed by atoms with Gasteiger partial charge in [0.2, 0.25) is 12.2 Å². The number of carbonyl (C=O) groups excluding carboxylic acids is 12. The maximum atomic E-state index is 12.8. The molecular formula is C104H160O30S2. The van der Waals surface area contributed by atoms with Gasteiger partial charge >= 0.3 is 71.6 Å². The van der Waals surface area contributed by atoms with Crippen molar-refractivity contribution < 1.29 is 140 Å². The molecule has 136 heavy (non-hydrogen) atoms. The highest BCUT2D eigenvalue weighted by molar-refractivity contribution is 7.88. The van der Waals surface area contributed by atoms with Crippen LogP contribution in [0.25, 0.3) is 0 Å². The summed E-state index contributed by atoms with van der Waals surface area (Å²) in [5.41, 5.74) is -1.12. The van der Waals surface area contributed by atoms with Crippen molar-refractivity contribution in [3.05, 3.63) is 48.6 Å². The van der Waals surface area contributed by atoms with E-state index in [-0.39, 0.29) is 97.9 Å². The molecular weight excluding hydrogens is 1790 g/mol. The zero-order valence-electron chi connectivity index (χ0n) is 85.2. The van der Waals surface area contributed by atoms with Gasteiger partial charge in [-0.05, 0) is 323 Å². The van der Waals surface area contributed by atoms with Gasteiger partial charge in [-0.25, -0.2) is 38.4 Å². The third-order valence-corrected chi connectivity index (χ3v) is 36.1. The van der Waals surface area contributed by atoms with Gasteiger partial charge in [0.1, 0.15) is 46.8 Å². The number of esters is 12. The Hall–Kier alpha value is -7.58. The number of ether oxygens (including phenoxy) is 12. The van der Waals surface area contributed by atoms with Crippen molar-refractivity contribution in [3.8, 4) is 0 Å². The second-order valence-corrected chi connectivity index (χ2v) is 48.9. The highest BCUT2D eigenvalue weighted by atomic mass is 32.2. The lowest BCUT2D eigenvalue weighted by molar-refractivity contribution is -0.231. The van der Waals surface area contributed by atoms with Crippen LogP contribution < -0.4 is 0 Å². The van der Waals surface area contributed by atoms with Crippen LogP contribution in [0, 0.1) is 105 Å². The molecule has 18 fully saturated rings. The average Bonchev–Trinajstić information content (AvgIpc) is 1.51. The fourth-order valence-electron chi connectivity index (χ4n) is 23.3. The molecule has 4 heterocycles. The quantitative estimate of drug-likeness (QED) is 0.0336. The van der Waals surface area contributed by atoms with Gasteiger partial charge in [0, 0.05) is 58.8 Å². The predicted octanol–water partition coefficient (Wildman–Crippen LogP) is 17.4. The second-order valence-electron chi connectivity index (χ2n) is 45.3. The summed E-state index contributed by atoms with van der Waals surface area (Å²) in [5.74, 6) is 2.05. The van der Waals surface area contributed by atoms with Crippen molar-refractivity contribution in [2.75, 3.05) is 26.4 Å². The van der Waals surface area contributed by atoms with Gasteiger partial charge in [-0.15, -0.1) is 0 Å². The van der Waals surface area contributed by atoms with Crippen LogP contribution in [0.2, 0.25) is 0 Å². The molecule has 0 amide bonds. The van der Waals surface area contributed by atoms with Crippen molar-refractivity contribution in [1.82, 2.24) is 0 Å². The largest absolute Gasteiger partial charge is 0.463 e. The molecule has 12 bridgehead atoms. The Bertz CT molecular complexity index is 4570. The lowest BCUT2D eigenvalue weighted by atomic mass is 9.47. The Balaban J connectivity index is 0.000000176. The number of hydrogen-bond donors (Lipinski definition) is 0. The van der Waals surface area contributed by atoms with E-state index in [9.17, 15) is 74.4 Å². The van der Waals surface area contributed by atoms with E-state index in [4.69, 9.17) is 60.5 Å². The van der Waals surface area contributed by atoms with Gasteiger partial charge in [-0.2, -0.15) is 16.8 Å². The minimum Gasteiger partial charge on any atom is -0.463 e. The summed E-state index contributed by atoms with van der Waals surface area (Å²) in [6.45, 7) is 56.2. The number of cyclic esters (lactones) is 2. The van der Waals surface area contributed by atoms with E-state index in [2.05, 4.69) is 72.6 Å². The van der Waals surface area contributed by atoms with Crippen molar-refractivity contribution >= 4 is 91.9 Å². The zero-order chi connectivity index (χ0) is 101. The molecule has 12 atom stereocenters. The predicted molar refractivity (Wildman–Crippen MR) is 503 cm³/mol. The molecule has 12 unspecified atom stereocenters. The Morgan fingerprint density at radius 3 is 1.04 bits per heavy atom. The third kappa shape index (κ3) is 26.4. The van der Waals surface area contributed by atoms with Crippen molar-refractivity contribution in [2.45, 2.75) is 402 Å². The molecule has 18 aliphatic rings. The van der Waals surface area contributed by atoms with Gasteiger partial charge in [0.15, 0.2) is 13.2 Å². The molecule has 768 valence electrons. The third-order valence-electron chi connectivity index (χ3n) is 32.6. The van der Waals surface area contributed by atoms with E-state index in [1.54, 1.807) is 41.5 Å². The molecule has 4 aliphatic heterocycles. The molecule has 32 heteroatoms. The van der Waals surface area contributed by atoms with Crippen LogP contribution in [0.1, 0.15) is 332 Å². The lowest BCUT2D eigenvalue weighted by Gasteiger charge is -2.62. The summed E-state index contributed by atoms with van der Waals surface area (Å²) in [6.07, 6.45) is 24.4. The van der Waals surface area contributed by atoms with Gasteiger partial charge in [0.25, 0.3) is 20.2 Å². The van der Waals surface area contributed by atoms with Gasteiger partial charge < -0.3 is 56.8 Å². The highest BCUT2D eigenvalue weighted by Crippen LogP contribution is 2.65. The first-order chi connectivity index (χ1) is 63.2. The van der Waals surface area contributed by atoms with E-state index in [0.29, 0.717) is 111 Å². The van der Waals surface area contributed by atoms with Crippen LogP contribution in [0.15, 0.2) is 48.6 Å². The summed E-state index contributed by atoms with van der Waals surface area (Å²) < 4.78 is 120. The standard InChI is InChI=1S/C19H32O2.C17H26O2.C15H22O7S.C13H16O7S.C12H22O2.C10H16O4.C10H16O2.C8H10O4/c1-6-18(4,5)17(20)21-19(12(2)3)15-8-13-7-14(10-15)11-16(19)9-13;1-10(2)16(18)19-17(11(3)4)14-6-12-5-13(8-14)9-15(17)7-12;1-4-15(2,3)14(17)20-7-11(16)21-12-8-5-9-10(6-8)23(18,19)22-13(9)12;1-6(2)13(15)18-5-10(14)19-11-7-3-8-9(4-7)21(16,17)20-12(8)11;1-5-11(2,3)10(13)14-12(4)8-6-7-9-12;1-4-10(2,3)9(12)14-7-5-6-13-8(7)11;1-8(2)9(11)12-10(3)6-4-5-7-10;1-5(2)7(9)12-6-3-4-11-8(6)10/h12-16H,6-11H2,1-5H3;11-15H,1,5-9H2,2-4H3;8-10,12-13H,4-7H2,1-3H3;7-9,11-12H,1,3-5H2,2H3;5-9H2,1-4H3;7H,4-6H2,1-3H3;1,4-7H2,2-3H3;6H,1,3-4H2,2H3. The van der Waals surface area contributed by atoms with Crippen LogP contribution >= 0.6 is 0 Å². The van der Waals surface area contributed by atoms with Crippen molar-refractivity contribution in [1.29, 1.82) is 0 Å². The summed E-state index contributed by atoms with van der Waals surface area (Å²) in [6, 6.07) is 0. The monoisotopic (exact) mass is 1950 g/mol. The smallest absolute Gasteiger partial charge is 0.347 e. The highest BCUT2D eigenvalue weighted by Gasteiger charge is 2.68. The Labute approximate surface area is 808 Å². The molecule has 0 aromatic rings. The first-order valence-corrected chi connectivity index (χ1v) is 53.0. The average molecular weight is 1950 g/mol. The Morgan fingerprint density at radius 1 is 0.390 bits per heavy atom. The van der Waals surface area contributed by atoms with Gasteiger partial charge in [-0.3, -0.25) is 27.5 Å². The van der Waals surface area contributed by atoms with E-state index in [1.165, 1.54) is 104 Å². The van der Waals surface area contributed by atoms with E-state index < -0.39 is 133 Å². The number of hydrogen-bond acceptors (Lipinski definition) is 30. The molecule has 14 aliphatic carbocycles. The van der Waals surface area contributed by atoms with E-state index >= 15 is 0 Å². The van der Waals surface area contributed by atoms with Crippen LogP contribution in [0.5, 0.6) is 0 Å². The molecule has 14 saturated carbocycles. The molecule has 30 nitrogen and oxygen atoms in total. The summed E-state index contributed by atoms with van der Waals surface area (Å²) in [7, 11) is -7.05. The van der Waals surface area contributed by atoms with Gasteiger partial charge in [0.05, 0.1) is 45.4 Å². The minimum atomic E-state index is -3.53. The fourth-order valence-corrected chi connectivity index (χ4v) is 27.0. The van der Waals surface area contributed by atoms with E-state index in [1.807, 2.05) is 55.4 Å². The number of carbonyl (C=O) groups is 12. The second kappa shape index (κ2) is 45.1. The molecule has 0 radical (unpaired) electrons. The lowest BCUT2D eigenvalue weighted by Crippen LogP contribution is -2.63. The molecule has 18 rings (SSSR count). The summed E-state index contributed by atoms with van der Waals surface area (Å²) in [4.78, 5) is 139. The molecule has 4 saturated heterocycles. The fraction of sp³-hybridized carbons (Fsp3) is 0.808. The number of fused-ring (bicyclic) bond motifs is 2. The summed E-state index contributed by atoms with van der Waals surface area (Å²) in [5, 5.41) is -0.903. The van der Waals surface area contributed by atoms with E-state index in [0.717, 1.165) is 62.2 Å². The van der Waals surface area contributed by atoms with Crippen LogP contribution in [0.4, 0.5) is 0 Å². The molecule has 0 spiro atoms. The number of rotatable bonds is 26. The van der Waals surface area contributed by atoms with Crippen molar-refractivity contribution in [2.24, 2.45) is 105 Å².